The molecule has 0 amide bonds. The predicted molar refractivity (Wildman–Crippen MR) is 305 cm³/mol. The van der Waals surface area contributed by atoms with Crippen LogP contribution < -0.4 is 73.6 Å². The summed E-state index contributed by atoms with van der Waals surface area (Å²) >= 11 is 0. The number of hydrogen-bond donors (Lipinski definition) is 4. The van der Waals surface area contributed by atoms with Crippen LogP contribution in [0.3, 0.4) is 0 Å². The van der Waals surface area contributed by atoms with Crippen molar-refractivity contribution in [3.8, 4) is 91.8 Å². The van der Waals surface area contributed by atoms with Gasteiger partial charge in [-0.2, -0.15) is 0 Å². The van der Waals surface area contributed by atoms with Crippen LogP contribution in [0, 0.1) is 0 Å². The highest BCUT2D eigenvalue weighted by Crippen LogP contribution is 2.43. The Morgan fingerprint density at radius 1 is 0.531 bits per heavy atom. The van der Waals surface area contributed by atoms with Crippen molar-refractivity contribution in [2.45, 2.75) is 6.54 Å². The number of fused-ring (bicyclic) bond motifs is 10. The lowest BCUT2D eigenvalue weighted by atomic mass is 10.1. The van der Waals surface area contributed by atoms with Gasteiger partial charge in [-0.3, -0.25) is 4.57 Å². The van der Waals surface area contributed by atoms with Crippen molar-refractivity contribution in [2.75, 3.05) is 122 Å². The zero-order valence-electron chi connectivity index (χ0n) is 46.4. The molecule has 422 valence electrons. The van der Waals surface area contributed by atoms with Crippen LogP contribution in [-0.4, -0.2) is 155 Å². The molecule has 13 rings (SSSR count). The van der Waals surface area contributed by atoms with E-state index in [0.29, 0.717) is 105 Å². The molecule has 0 saturated heterocycles. The number of anilines is 2. The molecule has 7 heterocycles. The zero-order chi connectivity index (χ0) is 56.6. The Morgan fingerprint density at radius 2 is 0.988 bits per heavy atom. The van der Waals surface area contributed by atoms with Crippen LogP contribution in [0.2, 0.25) is 0 Å². The molecule has 0 spiro atoms. The maximum absolute atomic E-state index is 13.6. The molecule has 0 bridgehead atoms. The lowest BCUT2D eigenvalue weighted by molar-refractivity contribution is 0.173. The van der Waals surface area contributed by atoms with Crippen LogP contribution in [0.1, 0.15) is 0 Å². The number of H-pyrrole nitrogens is 2. The molecule has 0 radical (unpaired) electrons. The minimum Gasteiger partial charge on any atom is -0.493 e. The molecule has 0 fully saturated rings. The summed E-state index contributed by atoms with van der Waals surface area (Å²) in [5.41, 5.74) is 15.0. The van der Waals surface area contributed by atoms with E-state index < -0.39 is 0 Å². The number of methoxy groups -OCH3 is 6. The fourth-order valence-corrected chi connectivity index (χ4v) is 9.64. The van der Waals surface area contributed by atoms with E-state index in [1.54, 1.807) is 69.8 Å². The largest absolute Gasteiger partial charge is 0.493 e. The molecular formula is C57H61N11O13. The first-order valence-electron chi connectivity index (χ1n) is 25.6. The van der Waals surface area contributed by atoms with Crippen LogP contribution >= 0.6 is 0 Å². The summed E-state index contributed by atoms with van der Waals surface area (Å²) in [4.78, 5) is 38.5. The van der Waals surface area contributed by atoms with Crippen LogP contribution in [0.25, 0.3) is 72.4 Å². The van der Waals surface area contributed by atoms with E-state index in [2.05, 4.69) is 25.2 Å². The molecule has 24 heteroatoms. The number of imidazole rings is 3. The van der Waals surface area contributed by atoms with E-state index in [1.165, 1.54) is 0 Å². The molecule has 6 aromatic carbocycles. The fraction of sp³-hybridized carbons (Fsp3) is 0.298. The molecule has 0 saturated carbocycles. The Bertz CT molecular complexity index is 3990. The highest BCUT2D eigenvalue weighted by molar-refractivity contribution is 5.99. The normalized spacial score (nSPS) is 12.8. The number of rotatable bonds is 15. The van der Waals surface area contributed by atoms with Crippen LogP contribution in [-0.2, 0) is 6.54 Å². The molecular weight excluding hydrogens is 1050 g/mol. The number of hydrogen-bond acceptors (Lipinski definition) is 20. The van der Waals surface area contributed by atoms with Gasteiger partial charge in [0, 0.05) is 109 Å². The third-order valence-corrected chi connectivity index (χ3v) is 13.8. The summed E-state index contributed by atoms with van der Waals surface area (Å²) < 4.78 is 68.6. The molecule has 4 aromatic heterocycles. The Hall–Kier alpha value is -9.68. The Kier molecular flexibility index (Phi) is 14.6. The number of nitrogens with zero attached hydrogens (tertiary/aromatic N) is 7. The van der Waals surface area contributed by atoms with Gasteiger partial charge in [-0.15, -0.1) is 0 Å². The van der Waals surface area contributed by atoms with E-state index in [0.717, 1.165) is 74.4 Å². The number of nitrogen functional groups attached to an aromatic ring is 1. The fourth-order valence-electron chi connectivity index (χ4n) is 9.64. The van der Waals surface area contributed by atoms with Crippen molar-refractivity contribution < 1.29 is 56.8 Å². The van der Waals surface area contributed by atoms with Crippen molar-refractivity contribution in [2.24, 2.45) is 0 Å². The summed E-state index contributed by atoms with van der Waals surface area (Å²) in [6.07, 6.45) is 0. The van der Waals surface area contributed by atoms with Crippen molar-refractivity contribution in [1.29, 1.82) is 0 Å². The topological polar surface area (TPSA) is 252 Å². The van der Waals surface area contributed by atoms with Crippen LogP contribution in [0.15, 0.2) is 77.6 Å². The second-order valence-corrected chi connectivity index (χ2v) is 19.3. The lowest BCUT2D eigenvalue weighted by Crippen LogP contribution is -2.31. The summed E-state index contributed by atoms with van der Waals surface area (Å²) in [6, 6.07) is 22.2. The van der Waals surface area contributed by atoms with Gasteiger partial charge in [0.25, 0.3) is 0 Å². The highest BCUT2D eigenvalue weighted by Gasteiger charge is 2.25. The summed E-state index contributed by atoms with van der Waals surface area (Å²) in [7, 11) is 17.6. The number of benzene rings is 6. The minimum atomic E-state index is -0.173. The predicted octanol–water partition coefficient (Wildman–Crippen LogP) is 7.62. The number of nitrogens with one attached hydrogen (secondary N) is 3. The molecule has 24 nitrogen and oxygen atoms in total. The summed E-state index contributed by atoms with van der Waals surface area (Å²) in [5, 5.41) is 4.27. The van der Waals surface area contributed by atoms with Gasteiger partial charge < -0.3 is 87.7 Å². The Morgan fingerprint density at radius 3 is 1.53 bits per heavy atom. The maximum Gasteiger partial charge on any atom is 0.334 e. The number of nitrogens with two attached hydrogens (primary N) is 1. The lowest BCUT2D eigenvalue weighted by Gasteiger charge is -2.17. The van der Waals surface area contributed by atoms with E-state index in [4.69, 9.17) is 72.5 Å². The van der Waals surface area contributed by atoms with Gasteiger partial charge in [0.1, 0.15) is 11.6 Å². The first-order chi connectivity index (χ1) is 39.3. The second-order valence-electron chi connectivity index (χ2n) is 19.3. The zero-order valence-corrected chi connectivity index (χ0v) is 46.4. The highest BCUT2D eigenvalue weighted by atomic mass is 16.7. The first-order valence-corrected chi connectivity index (χ1v) is 25.6. The average Bonchev–Trinajstić information content (AvgIpc) is 4.39. The van der Waals surface area contributed by atoms with Gasteiger partial charge in [-0.1, -0.05) is 0 Å². The molecule has 5 N–H and O–H groups in total. The Labute approximate surface area is 463 Å². The smallest absolute Gasteiger partial charge is 0.334 e. The monoisotopic (exact) mass is 1110 g/mol. The molecule has 81 heavy (non-hydrogen) atoms. The molecule has 0 atom stereocenters. The summed E-state index contributed by atoms with van der Waals surface area (Å²) in [5.74, 6) is 9.03. The van der Waals surface area contributed by atoms with Crippen molar-refractivity contribution in [3.05, 3.63) is 83.3 Å². The number of ether oxygens (including phenoxy) is 12. The number of aromatic amines is 2. The molecule has 3 aliphatic rings. The quantitative estimate of drug-likeness (QED) is 0.0720. The SMILES string of the molecule is COc1cc(N)c(-c2nc3cc4c(cc3[nH]2)OCO4)cc1OC.COc1cc(NCCN(C)C)c(-c2nc3cc4c(cc3[nH]2)OCO4)cc1OC.COc1cc2c(cc1OC)n(CCN(C)C)c(=O)n1c3cc4c(cc3nc21)OCO4. The van der Waals surface area contributed by atoms with Gasteiger partial charge in [-0.25, -0.2) is 24.1 Å². The van der Waals surface area contributed by atoms with Crippen LogP contribution in [0.4, 0.5) is 11.4 Å². The third kappa shape index (κ3) is 10.2. The molecule has 0 aliphatic carbocycles. The number of likely N-dealkylation sites (N-methyl/N-ethyl adjacent to an activating group) is 2. The molecule has 0 unspecified atom stereocenters. The maximum atomic E-state index is 13.6. The minimum absolute atomic E-state index is 0.164. The standard InChI is InChI=1S/C21H22N4O5.C20H24N4O4.C16H15N3O4/c1-23(2)5-6-24-14-9-17(28-4)16(27-3)7-12(14)20-22-13-8-18-19(30-11-29-18)10-15(13)25(20)21(24)26;1-24(2)6-5-21-13-8-17(26-4)16(25-3)7-12(13)20-22-14-9-18-19(28-11-27-18)10-15(14)23-20;1-20-12-3-8(9(17)4-13(12)21-2)16-18-10-5-14-15(23-7-22-14)6-11(10)19-16/h7-10H,5-6,11H2,1-4H3;7-10,21H,5-6,11H2,1-4H3,(H,22,23);3-6H,7,17H2,1-2H3,(H,18,19). The van der Waals surface area contributed by atoms with Gasteiger partial charge in [-0.05, 0) is 46.4 Å². The second kappa shape index (κ2) is 22.2. The third-order valence-electron chi connectivity index (χ3n) is 13.8. The van der Waals surface area contributed by atoms with E-state index in [-0.39, 0.29) is 26.1 Å². The Balaban J connectivity index is 0.000000129. The van der Waals surface area contributed by atoms with E-state index >= 15 is 0 Å². The van der Waals surface area contributed by atoms with E-state index in [9.17, 15) is 4.79 Å². The van der Waals surface area contributed by atoms with Crippen molar-refractivity contribution in [3.63, 3.8) is 0 Å². The first kappa shape index (κ1) is 53.3. The summed E-state index contributed by atoms with van der Waals surface area (Å²) in [6.45, 7) is 3.53. The van der Waals surface area contributed by atoms with Gasteiger partial charge in [0.05, 0.1) is 81.3 Å². The van der Waals surface area contributed by atoms with E-state index in [1.807, 2.05) is 87.7 Å². The average molecular weight is 1110 g/mol. The van der Waals surface area contributed by atoms with Crippen LogP contribution in [0.5, 0.6) is 69.0 Å². The van der Waals surface area contributed by atoms with Gasteiger partial charge in [0.2, 0.25) is 20.4 Å². The van der Waals surface area contributed by atoms with Crippen molar-refractivity contribution in [1.82, 2.24) is 43.7 Å². The van der Waals surface area contributed by atoms with Gasteiger partial charge in [0.15, 0.2) is 74.6 Å². The molecule has 10 aromatic rings. The van der Waals surface area contributed by atoms with Gasteiger partial charge >= 0.3 is 5.69 Å². The van der Waals surface area contributed by atoms with Crippen molar-refractivity contribution >= 4 is 61.0 Å². The molecule has 3 aliphatic heterocycles. The number of aromatic nitrogens is 7.